The van der Waals surface area contributed by atoms with E-state index in [-0.39, 0.29) is 21.2 Å². The van der Waals surface area contributed by atoms with E-state index < -0.39 is 21.8 Å². The minimum absolute atomic E-state index is 0.000478. The van der Waals surface area contributed by atoms with Crippen LogP contribution in [0.4, 0.5) is 10.1 Å². The molecule has 0 saturated carbocycles. The Morgan fingerprint density at radius 1 is 1.23 bits per heavy atom. The van der Waals surface area contributed by atoms with E-state index in [0.29, 0.717) is 5.56 Å². The summed E-state index contributed by atoms with van der Waals surface area (Å²) in [6.07, 6.45) is 0. The van der Waals surface area contributed by atoms with Crippen molar-refractivity contribution in [2.75, 3.05) is 4.72 Å². The summed E-state index contributed by atoms with van der Waals surface area (Å²) in [5.74, 6) is -1.83. The van der Waals surface area contributed by atoms with Crippen molar-refractivity contribution < 1.29 is 22.7 Å². The van der Waals surface area contributed by atoms with Crippen molar-refractivity contribution in [3.63, 3.8) is 0 Å². The molecule has 0 atom stereocenters. The Labute approximate surface area is 131 Å². The quantitative estimate of drug-likeness (QED) is 0.892. The number of nitrogens with one attached hydrogen (secondary N) is 1. The van der Waals surface area contributed by atoms with Crippen molar-refractivity contribution >= 4 is 33.3 Å². The lowest BCUT2D eigenvalue weighted by Crippen LogP contribution is -2.14. The minimum atomic E-state index is -4.04. The number of hydrogen-bond acceptors (Lipinski definition) is 3. The first-order chi connectivity index (χ1) is 10.2. The van der Waals surface area contributed by atoms with E-state index in [1.54, 1.807) is 6.92 Å². The summed E-state index contributed by atoms with van der Waals surface area (Å²) in [6.45, 7) is 1.56. The third-order valence-electron chi connectivity index (χ3n) is 2.93. The number of benzene rings is 2. The zero-order valence-electron chi connectivity index (χ0n) is 11.3. The summed E-state index contributed by atoms with van der Waals surface area (Å²) in [6, 6.07) is 6.93. The summed E-state index contributed by atoms with van der Waals surface area (Å²) < 4.78 is 39.7. The average Bonchev–Trinajstić information content (AvgIpc) is 2.42. The fraction of sp³-hybridized carbons (Fsp3) is 0.0714. The zero-order valence-corrected chi connectivity index (χ0v) is 12.9. The first-order valence-electron chi connectivity index (χ1n) is 6.02. The van der Waals surface area contributed by atoms with Crippen molar-refractivity contribution in [3.8, 4) is 0 Å². The molecular formula is C14H11ClFNO4S. The number of sulfonamides is 1. The Morgan fingerprint density at radius 3 is 2.50 bits per heavy atom. The third kappa shape index (κ3) is 3.37. The lowest BCUT2D eigenvalue weighted by Gasteiger charge is -2.11. The van der Waals surface area contributed by atoms with Crippen molar-refractivity contribution in [3.05, 3.63) is 58.4 Å². The zero-order chi connectivity index (χ0) is 16.5. The van der Waals surface area contributed by atoms with Gasteiger partial charge in [-0.05, 0) is 42.8 Å². The molecule has 5 nitrogen and oxygen atoms in total. The maximum Gasteiger partial charge on any atom is 0.335 e. The number of anilines is 1. The van der Waals surface area contributed by atoms with Crippen LogP contribution in [0.3, 0.4) is 0 Å². The molecule has 0 aliphatic rings. The van der Waals surface area contributed by atoms with Crippen LogP contribution in [-0.2, 0) is 10.0 Å². The predicted molar refractivity (Wildman–Crippen MR) is 80.4 cm³/mol. The second-order valence-electron chi connectivity index (χ2n) is 4.51. The highest BCUT2D eigenvalue weighted by Crippen LogP contribution is 2.26. The number of carboxylic acid groups (broad SMARTS) is 1. The molecule has 0 aliphatic heterocycles. The average molecular weight is 344 g/mol. The van der Waals surface area contributed by atoms with Gasteiger partial charge in [-0.15, -0.1) is 0 Å². The van der Waals surface area contributed by atoms with E-state index in [2.05, 4.69) is 4.72 Å². The highest BCUT2D eigenvalue weighted by atomic mass is 35.5. The molecule has 0 unspecified atom stereocenters. The smallest absolute Gasteiger partial charge is 0.335 e. The molecule has 2 rings (SSSR count). The molecule has 2 N–H and O–H groups in total. The monoisotopic (exact) mass is 343 g/mol. The number of carbonyl (C=O) groups is 1. The summed E-state index contributed by atoms with van der Waals surface area (Å²) in [5.41, 5.74) is 0.319. The molecule has 0 fully saturated rings. The Morgan fingerprint density at radius 2 is 1.91 bits per heavy atom. The van der Waals surface area contributed by atoms with Gasteiger partial charge in [-0.3, -0.25) is 4.72 Å². The summed E-state index contributed by atoms with van der Waals surface area (Å²) in [7, 11) is -4.04. The molecule has 0 aliphatic carbocycles. The molecular weight excluding hydrogens is 333 g/mol. The molecule has 0 aromatic heterocycles. The van der Waals surface area contributed by atoms with E-state index in [1.165, 1.54) is 18.2 Å². The van der Waals surface area contributed by atoms with Crippen LogP contribution < -0.4 is 4.72 Å². The summed E-state index contributed by atoms with van der Waals surface area (Å²) in [5, 5.41) is 8.94. The molecule has 0 bridgehead atoms. The number of aromatic carboxylic acids is 1. The van der Waals surface area contributed by atoms with Crippen molar-refractivity contribution in [1.82, 2.24) is 0 Å². The van der Waals surface area contributed by atoms with Crippen LogP contribution in [0.2, 0.25) is 5.02 Å². The molecule has 2 aromatic carbocycles. The van der Waals surface area contributed by atoms with Gasteiger partial charge in [-0.2, -0.15) is 0 Å². The van der Waals surface area contributed by atoms with E-state index >= 15 is 0 Å². The standard InChI is InChI=1S/C14H11ClFNO4S/c1-8-2-4-10(7-11(8)14(18)19)22(20,21)17-13-5-3-9(16)6-12(13)15/h2-7,17H,1H3,(H,18,19). The summed E-state index contributed by atoms with van der Waals surface area (Å²) >= 11 is 5.77. The van der Waals surface area contributed by atoms with Crippen LogP contribution in [0.15, 0.2) is 41.3 Å². The molecule has 0 radical (unpaired) electrons. The second-order valence-corrected chi connectivity index (χ2v) is 6.60. The first kappa shape index (κ1) is 16.3. The van der Waals surface area contributed by atoms with Crippen molar-refractivity contribution in [2.45, 2.75) is 11.8 Å². The molecule has 0 saturated heterocycles. The first-order valence-corrected chi connectivity index (χ1v) is 7.88. The number of halogens is 2. The van der Waals surface area contributed by atoms with E-state index in [1.807, 2.05) is 0 Å². The van der Waals surface area contributed by atoms with Crippen LogP contribution >= 0.6 is 11.6 Å². The molecule has 22 heavy (non-hydrogen) atoms. The maximum absolute atomic E-state index is 13.0. The maximum atomic E-state index is 13.0. The van der Waals surface area contributed by atoms with Crippen molar-refractivity contribution in [2.24, 2.45) is 0 Å². The van der Waals surface area contributed by atoms with Gasteiger partial charge in [0.25, 0.3) is 10.0 Å². The highest BCUT2D eigenvalue weighted by Gasteiger charge is 2.19. The molecule has 2 aromatic rings. The Bertz CT molecular complexity index is 852. The fourth-order valence-corrected chi connectivity index (χ4v) is 3.15. The lowest BCUT2D eigenvalue weighted by atomic mass is 10.1. The normalized spacial score (nSPS) is 11.2. The van der Waals surface area contributed by atoms with Gasteiger partial charge in [-0.25, -0.2) is 17.6 Å². The molecule has 0 heterocycles. The largest absolute Gasteiger partial charge is 0.478 e. The van der Waals surface area contributed by atoms with Crippen LogP contribution in [-0.4, -0.2) is 19.5 Å². The Hall–Kier alpha value is -2.12. The minimum Gasteiger partial charge on any atom is -0.478 e. The number of hydrogen-bond donors (Lipinski definition) is 2. The van der Waals surface area contributed by atoms with Gasteiger partial charge in [-0.1, -0.05) is 17.7 Å². The Kier molecular flexibility index (Phi) is 4.39. The predicted octanol–water partition coefficient (Wildman–Crippen LogP) is 3.29. The topological polar surface area (TPSA) is 83.5 Å². The van der Waals surface area contributed by atoms with Crippen LogP contribution in [0.25, 0.3) is 0 Å². The third-order valence-corrected chi connectivity index (χ3v) is 4.60. The molecule has 8 heteroatoms. The lowest BCUT2D eigenvalue weighted by molar-refractivity contribution is 0.0696. The molecule has 116 valence electrons. The Balaban J connectivity index is 2.42. The number of aryl methyl sites for hydroxylation is 1. The van der Waals surface area contributed by atoms with Crippen molar-refractivity contribution in [1.29, 1.82) is 0 Å². The SMILES string of the molecule is Cc1ccc(S(=O)(=O)Nc2ccc(F)cc2Cl)cc1C(=O)O. The molecule has 0 amide bonds. The van der Waals surface area contributed by atoms with Gasteiger partial charge in [0, 0.05) is 0 Å². The van der Waals surface area contributed by atoms with Crippen LogP contribution in [0, 0.1) is 12.7 Å². The van der Waals surface area contributed by atoms with Gasteiger partial charge in [0.05, 0.1) is 21.2 Å². The van der Waals surface area contributed by atoms with E-state index in [0.717, 1.165) is 18.2 Å². The van der Waals surface area contributed by atoms with Gasteiger partial charge in [0.2, 0.25) is 0 Å². The van der Waals surface area contributed by atoms with Crippen LogP contribution in [0.1, 0.15) is 15.9 Å². The molecule has 0 spiro atoms. The summed E-state index contributed by atoms with van der Waals surface area (Å²) in [4.78, 5) is 10.8. The number of rotatable bonds is 4. The second kappa shape index (κ2) is 5.94. The van der Waals surface area contributed by atoms with Crippen LogP contribution in [0.5, 0.6) is 0 Å². The van der Waals surface area contributed by atoms with Gasteiger partial charge in [0.15, 0.2) is 0 Å². The van der Waals surface area contributed by atoms with Gasteiger partial charge in [0.1, 0.15) is 5.82 Å². The van der Waals surface area contributed by atoms with Gasteiger partial charge >= 0.3 is 5.97 Å². The fourth-order valence-electron chi connectivity index (χ4n) is 1.77. The number of carboxylic acids is 1. The highest BCUT2D eigenvalue weighted by molar-refractivity contribution is 7.92. The van der Waals surface area contributed by atoms with E-state index in [4.69, 9.17) is 16.7 Å². The van der Waals surface area contributed by atoms with E-state index in [9.17, 15) is 17.6 Å². The van der Waals surface area contributed by atoms with Gasteiger partial charge < -0.3 is 5.11 Å².